The van der Waals surface area contributed by atoms with E-state index in [-0.39, 0.29) is 16.7 Å². The van der Waals surface area contributed by atoms with Crippen LogP contribution in [0.5, 0.6) is 11.5 Å². The zero-order chi connectivity index (χ0) is 22.0. The fourth-order valence-corrected chi connectivity index (χ4v) is 7.09. The van der Waals surface area contributed by atoms with E-state index in [2.05, 4.69) is 4.90 Å². The maximum absolute atomic E-state index is 13.3. The fourth-order valence-electron chi connectivity index (χ4n) is 5.60. The number of ether oxygens (including phenoxy) is 2. The Morgan fingerprint density at radius 2 is 1.58 bits per heavy atom. The lowest BCUT2D eigenvalue weighted by Gasteiger charge is -2.36. The highest BCUT2D eigenvalue weighted by Gasteiger charge is 2.40. The summed E-state index contributed by atoms with van der Waals surface area (Å²) < 4.78 is 38.3. The summed E-state index contributed by atoms with van der Waals surface area (Å²) in [6.45, 7) is 1.61. The summed E-state index contributed by atoms with van der Waals surface area (Å²) in [6, 6.07) is 5.06. The summed E-state index contributed by atoms with van der Waals surface area (Å²) in [5.41, 5.74) is 0. The number of carbonyl (C=O) groups excluding carboxylic acids is 1. The minimum absolute atomic E-state index is 0.0705. The van der Waals surface area contributed by atoms with Crippen LogP contribution in [-0.4, -0.2) is 63.4 Å². The molecule has 172 valence electrons. The van der Waals surface area contributed by atoms with Crippen LogP contribution >= 0.6 is 0 Å². The van der Waals surface area contributed by atoms with Gasteiger partial charge in [-0.1, -0.05) is 12.8 Å². The summed E-state index contributed by atoms with van der Waals surface area (Å²) in [4.78, 5) is 15.6. The Balaban J connectivity index is 1.40. The maximum atomic E-state index is 13.3. The molecule has 0 aromatic heterocycles. The molecule has 2 saturated heterocycles. The van der Waals surface area contributed by atoms with Crippen molar-refractivity contribution in [2.45, 2.75) is 62.3 Å². The van der Waals surface area contributed by atoms with Crippen molar-refractivity contribution in [3.63, 3.8) is 0 Å². The molecule has 0 radical (unpaired) electrons. The van der Waals surface area contributed by atoms with Crippen molar-refractivity contribution in [1.29, 1.82) is 0 Å². The number of hydrogen-bond donors (Lipinski definition) is 0. The van der Waals surface area contributed by atoms with Crippen LogP contribution < -0.4 is 9.47 Å². The van der Waals surface area contributed by atoms with E-state index in [1.807, 2.05) is 0 Å². The summed E-state index contributed by atoms with van der Waals surface area (Å²) in [5, 5.41) is 0. The number of hydrogen-bond acceptors (Lipinski definition) is 5. The zero-order valence-corrected chi connectivity index (χ0v) is 19.4. The van der Waals surface area contributed by atoms with Crippen molar-refractivity contribution in [1.82, 2.24) is 9.21 Å². The molecule has 1 atom stereocenters. The molecule has 1 aliphatic carbocycles. The number of nitrogens with zero attached hydrogens (tertiary/aromatic N) is 2. The minimum atomic E-state index is -3.64. The number of piperidine rings is 1. The van der Waals surface area contributed by atoms with E-state index in [0.29, 0.717) is 49.4 Å². The van der Waals surface area contributed by atoms with E-state index in [1.165, 1.54) is 50.3 Å². The van der Waals surface area contributed by atoms with Crippen LogP contribution in [0.25, 0.3) is 0 Å². The molecule has 0 spiro atoms. The summed E-state index contributed by atoms with van der Waals surface area (Å²) in [5.74, 6) is 1.72. The number of likely N-dealkylation sites (tertiary alicyclic amines) is 1. The van der Waals surface area contributed by atoms with Gasteiger partial charge < -0.3 is 14.4 Å². The second kappa shape index (κ2) is 9.36. The lowest BCUT2D eigenvalue weighted by atomic mass is 9.92. The normalized spacial score (nSPS) is 23.9. The topological polar surface area (TPSA) is 76.2 Å². The van der Waals surface area contributed by atoms with Gasteiger partial charge in [0, 0.05) is 37.7 Å². The lowest BCUT2D eigenvalue weighted by Crippen LogP contribution is -2.47. The van der Waals surface area contributed by atoms with Gasteiger partial charge in [-0.15, -0.1) is 0 Å². The van der Waals surface area contributed by atoms with Crippen molar-refractivity contribution >= 4 is 15.9 Å². The minimum Gasteiger partial charge on any atom is -0.493 e. The molecule has 0 N–H and O–H groups in total. The highest BCUT2D eigenvalue weighted by Crippen LogP contribution is 2.37. The molecular formula is C23H34N2O5S. The highest BCUT2D eigenvalue weighted by molar-refractivity contribution is 7.89. The number of rotatable bonds is 6. The average Bonchev–Trinajstić information content (AvgIpc) is 3.50. The highest BCUT2D eigenvalue weighted by atomic mass is 32.2. The van der Waals surface area contributed by atoms with Gasteiger partial charge in [0.25, 0.3) is 0 Å². The van der Waals surface area contributed by atoms with Crippen LogP contribution in [0.15, 0.2) is 23.1 Å². The Labute approximate surface area is 185 Å². The van der Waals surface area contributed by atoms with Crippen LogP contribution in [-0.2, 0) is 14.8 Å². The molecule has 8 heteroatoms. The monoisotopic (exact) mass is 450 g/mol. The molecule has 1 aromatic carbocycles. The van der Waals surface area contributed by atoms with E-state index in [9.17, 15) is 13.2 Å². The second-order valence-corrected chi connectivity index (χ2v) is 10.9. The quantitative estimate of drug-likeness (QED) is 0.665. The number of benzene rings is 1. The number of methoxy groups -OCH3 is 2. The van der Waals surface area contributed by atoms with Crippen molar-refractivity contribution in [2.75, 3.05) is 33.9 Å². The first-order valence-corrected chi connectivity index (χ1v) is 12.9. The Bertz CT molecular complexity index is 889. The van der Waals surface area contributed by atoms with Gasteiger partial charge in [0.1, 0.15) is 0 Å². The molecule has 0 bridgehead atoms. The van der Waals surface area contributed by atoms with Crippen molar-refractivity contribution in [2.24, 2.45) is 11.8 Å². The first kappa shape index (κ1) is 22.4. The van der Waals surface area contributed by atoms with Crippen LogP contribution in [0.2, 0.25) is 0 Å². The molecule has 1 unspecified atom stereocenters. The molecule has 1 aromatic rings. The van der Waals surface area contributed by atoms with E-state index in [1.54, 1.807) is 12.1 Å². The summed E-state index contributed by atoms with van der Waals surface area (Å²) in [7, 11) is -0.631. The van der Waals surface area contributed by atoms with Crippen LogP contribution in [0, 0.1) is 11.8 Å². The third-order valence-electron chi connectivity index (χ3n) is 7.32. The van der Waals surface area contributed by atoms with Gasteiger partial charge in [0.05, 0.1) is 19.1 Å². The predicted octanol–water partition coefficient (Wildman–Crippen LogP) is 3.29. The van der Waals surface area contributed by atoms with Crippen molar-refractivity contribution in [3.8, 4) is 11.5 Å². The Morgan fingerprint density at radius 3 is 2.23 bits per heavy atom. The van der Waals surface area contributed by atoms with E-state index < -0.39 is 10.0 Å². The van der Waals surface area contributed by atoms with Gasteiger partial charge in [0.15, 0.2) is 11.5 Å². The van der Waals surface area contributed by atoms with Crippen LogP contribution in [0.1, 0.15) is 51.4 Å². The van der Waals surface area contributed by atoms with Gasteiger partial charge in [-0.2, -0.15) is 4.31 Å². The van der Waals surface area contributed by atoms with E-state index in [4.69, 9.17) is 9.47 Å². The summed E-state index contributed by atoms with van der Waals surface area (Å²) in [6.07, 6.45) is 8.46. The number of amides is 1. The van der Waals surface area contributed by atoms with Gasteiger partial charge in [0.2, 0.25) is 15.9 Å². The first-order valence-electron chi connectivity index (χ1n) is 11.5. The van der Waals surface area contributed by atoms with Crippen molar-refractivity contribution in [3.05, 3.63) is 18.2 Å². The van der Waals surface area contributed by atoms with E-state index in [0.717, 1.165) is 19.4 Å². The smallest absolute Gasteiger partial charge is 0.243 e. The van der Waals surface area contributed by atoms with Gasteiger partial charge in [-0.3, -0.25) is 4.79 Å². The van der Waals surface area contributed by atoms with E-state index >= 15 is 0 Å². The molecule has 31 heavy (non-hydrogen) atoms. The van der Waals surface area contributed by atoms with Gasteiger partial charge >= 0.3 is 0 Å². The molecule has 2 aliphatic heterocycles. The van der Waals surface area contributed by atoms with Crippen molar-refractivity contribution < 1.29 is 22.7 Å². The first-order chi connectivity index (χ1) is 15.0. The zero-order valence-electron chi connectivity index (χ0n) is 18.6. The molecule has 1 amide bonds. The molecular weight excluding hydrogens is 416 g/mol. The molecule has 7 nitrogen and oxygen atoms in total. The van der Waals surface area contributed by atoms with Gasteiger partial charge in [-0.25, -0.2) is 8.42 Å². The predicted molar refractivity (Wildman–Crippen MR) is 118 cm³/mol. The molecule has 3 fully saturated rings. The third-order valence-corrected chi connectivity index (χ3v) is 9.22. The summed E-state index contributed by atoms with van der Waals surface area (Å²) >= 11 is 0. The Hall–Kier alpha value is -1.80. The average molecular weight is 451 g/mol. The standard InChI is InChI=1S/C23H34N2O5S/c1-29-21-10-9-19(16-22(21)30-2)31(27,28)24-14-11-18(12-15-24)23(26)25-13-5-8-20(25)17-6-3-4-7-17/h9-10,16-18,20H,3-8,11-15H2,1-2H3. The Kier molecular flexibility index (Phi) is 6.77. The molecule has 3 aliphatic rings. The number of sulfonamides is 1. The Morgan fingerprint density at radius 1 is 0.903 bits per heavy atom. The third kappa shape index (κ3) is 4.42. The largest absolute Gasteiger partial charge is 0.493 e. The SMILES string of the molecule is COc1ccc(S(=O)(=O)N2CCC(C(=O)N3CCCC3C3CCCC3)CC2)cc1OC. The molecule has 4 rings (SSSR count). The van der Waals surface area contributed by atoms with Crippen LogP contribution in [0.4, 0.5) is 0 Å². The van der Waals surface area contributed by atoms with Gasteiger partial charge in [-0.05, 0) is 56.6 Å². The van der Waals surface area contributed by atoms with Crippen LogP contribution in [0.3, 0.4) is 0 Å². The molecule has 2 heterocycles. The number of carbonyl (C=O) groups is 1. The lowest BCUT2D eigenvalue weighted by molar-refractivity contribution is -0.138. The fraction of sp³-hybridized carbons (Fsp3) is 0.696. The second-order valence-electron chi connectivity index (χ2n) is 8.98. The molecule has 1 saturated carbocycles. The maximum Gasteiger partial charge on any atom is 0.243 e.